The van der Waals surface area contributed by atoms with Crippen LogP contribution in [-0.2, 0) is 13.3 Å². The van der Waals surface area contributed by atoms with E-state index < -0.39 is 8.80 Å². The molecule has 0 aliphatic rings. The summed E-state index contributed by atoms with van der Waals surface area (Å²) in [7, 11) is 2.79. The molecule has 0 spiro atoms. The average molecular weight is 641 g/mol. The second-order valence-corrected chi connectivity index (χ2v) is 15.1. The van der Waals surface area contributed by atoms with E-state index in [-0.39, 0.29) is 0 Å². The number of alkyl halides is 1. The molecule has 0 aliphatic carbocycles. The molecule has 0 bridgehead atoms. The molecule has 0 heterocycles. The molecule has 36 heavy (non-hydrogen) atoms. The Balaban J connectivity index is 3.13. The smallest absolute Gasteiger partial charge is 0.377 e. The third-order valence-corrected chi connectivity index (χ3v) is 11.4. The van der Waals surface area contributed by atoms with E-state index in [9.17, 15) is 0 Å². The van der Waals surface area contributed by atoms with E-state index in [4.69, 9.17) is 13.3 Å². The van der Waals surface area contributed by atoms with Crippen LogP contribution in [0.2, 0.25) is 6.04 Å². The highest BCUT2D eigenvalue weighted by Gasteiger charge is 2.36. The van der Waals surface area contributed by atoms with Crippen molar-refractivity contribution < 1.29 is 13.3 Å². The van der Waals surface area contributed by atoms with Gasteiger partial charge in [-0.15, -0.1) is 0 Å². The highest BCUT2D eigenvalue weighted by molar-refractivity contribution is 14.1. The van der Waals surface area contributed by atoms with E-state index in [0.717, 1.165) is 12.5 Å². The predicted octanol–water partition coefficient (Wildman–Crippen LogP) is 11.4. The fraction of sp³-hybridized carbons (Fsp3) is 1.00. The Labute approximate surface area is 242 Å². The molecule has 3 nitrogen and oxygen atoms in total. The first-order valence-electron chi connectivity index (χ1n) is 16.0. The van der Waals surface area contributed by atoms with Crippen molar-refractivity contribution in [2.45, 2.75) is 173 Å². The Hall–Kier alpha value is 0.827. The first kappa shape index (κ1) is 36.8. The van der Waals surface area contributed by atoms with Gasteiger partial charge >= 0.3 is 8.80 Å². The molecular formula is C31H65IO3Si. The first-order chi connectivity index (χ1) is 17.7. The van der Waals surface area contributed by atoms with Crippen LogP contribution >= 0.6 is 22.6 Å². The summed E-state index contributed by atoms with van der Waals surface area (Å²) in [6, 6.07) is 0.940. The Morgan fingerprint density at radius 1 is 0.333 bits per heavy atom. The van der Waals surface area contributed by atoms with Gasteiger partial charge in [0.25, 0.3) is 0 Å². The van der Waals surface area contributed by atoms with Crippen LogP contribution in [0, 0.1) is 0 Å². The molecule has 0 atom stereocenters. The summed E-state index contributed by atoms with van der Waals surface area (Å²) in [5.41, 5.74) is 0. The molecule has 0 rings (SSSR count). The van der Waals surface area contributed by atoms with E-state index >= 15 is 0 Å². The highest BCUT2D eigenvalue weighted by Crippen LogP contribution is 2.19. The van der Waals surface area contributed by atoms with Gasteiger partial charge in [-0.05, 0) is 17.3 Å². The van der Waals surface area contributed by atoms with Crippen LogP contribution in [0.3, 0.4) is 0 Å². The predicted molar refractivity (Wildman–Crippen MR) is 171 cm³/mol. The minimum atomic E-state index is -2.34. The third-order valence-electron chi connectivity index (χ3n) is 7.80. The molecule has 0 radical (unpaired) electrons. The molecular weight excluding hydrogens is 575 g/mol. The number of halogens is 1. The van der Waals surface area contributed by atoms with Crippen LogP contribution in [0.4, 0.5) is 0 Å². The molecule has 0 aromatic heterocycles. The van der Waals surface area contributed by atoms with Crippen molar-refractivity contribution in [3.05, 3.63) is 0 Å². The van der Waals surface area contributed by atoms with Crippen molar-refractivity contribution in [1.82, 2.24) is 0 Å². The zero-order valence-electron chi connectivity index (χ0n) is 24.9. The molecule has 0 saturated heterocycles. The number of hydrogen-bond donors (Lipinski definition) is 0. The lowest BCUT2D eigenvalue weighted by Crippen LogP contribution is -2.42. The molecule has 0 saturated carbocycles. The normalized spacial score (nSPS) is 12.0. The molecule has 218 valence electrons. The second-order valence-electron chi connectivity index (χ2n) is 10.9. The van der Waals surface area contributed by atoms with Crippen LogP contribution in [-0.4, -0.2) is 34.6 Å². The minimum absolute atomic E-state index is 0.940. The Bertz CT molecular complexity index is 399. The van der Waals surface area contributed by atoms with Gasteiger partial charge in [-0.2, -0.15) is 0 Å². The van der Waals surface area contributed by atoms with Crippen molar-refractivity contribution in [1.29, 1.82) is 0 Å². The zero-order valence-corrected chi connectivity index (χ0v) is 28.1. The number of unbranched alkanes of at least 4 members (excludes halogenated alkanes) is 25. The maximum atomic E-state index is 5.49. The molecule has 0 aromatic rings. The Morgan fingerprint density at radius 3 is 0.722 bits per heavy atom. The van der Waals surface area contributed by atoms with Gasteiger partial charge in [-0.3, -0.25) is 0 Å². The summed E-state index contributed by atoms with van der Waals surface area (Å²) in [5.74, 6) is 0. The first-order valence-corrected chi connectivity index (χ1v) is 19.4. The monoisotopic (exact) mass is 640 g/mol. The maximum Gasteiger partial charge on any atom is 0.500 e. The minimum Gasteiger partial charge on any atom is -0.377 e. The number of rotatable bonds is 31. The summed E-state index contributed by atoms with van der Waals surface area (Å²) in [5, 5.41) is 0. The largest absolute Gasteiger partial charge is 0.500 e. The maximum absolute atomic E-state index is 5.49. The van der Waals surface area contributed by atoms with Gasteiger partial charge in [0.05, 0.1) is 0 Å². The highest BCUT2D eigenvalue weighted by atomic mass is 127. The van der Waals surface area contributed by atoms with Gasteiger partial charge in [0.15, 0.2) is 0 Å². The van der Waals surface area contributed by atoms with E-state index in [1.54, 1.807) is 21.3 Å². The summed E-state index contributed by atoms with van der Waals surface area (Å²) in [4.78, 5) is 0. The summed E-state index contributed by atoms with van der Waals surface area (Å²) in [6.07, 6.45) is 37.3. The second kappa shape index (κ2) is 30.4. The van der Waals surface area contributed by atoms with Crippen molar-refractivity contribution in [2.24, 2.45) is 0 Å². The van der Waals surface area contributed by atoms with E-state index in [1.807, 2.05) is 0 Å². The van der Waals surface area contributed by atoms with Crippen LogP contribution in [0.1, 0.15) is 167 Å². The van der Waals surface area contributed by atoms with Crippen molar-refractivity contribution in [2.75, 3.05) is 25.8 Å². The van der Waals surface area contributed by atoms with E-state index in [0.29, 0.717) is 0 Å². The fourth-order valence-electron chi connectivity index (χ4n) is 5.23. The molecule has 0 aromatic carbocycles. The molecule has 0 N–H and O–H groups in total. The average Bonchev–Trinajstić information content (AvgIpc) is 2.91. The van der Waals surface area contributed by atoms with Crippen LogP contribution in [0.25, 0.3) is 0 Å². The van der Waals surface area contributed by atoms with Gasteiger partial charge in [0.1, 0.15) is 0 Å². The van der Waals surface area contributed by atoms with Crippen molar-refractivity contribution in [3.63, 3.8) is 0 Å². The fourth-order valence-corrected chi connectivity index (χ4v) is 7.57. The van der Waals surface area contributed by atoms with Crippen molar-refractivity contribution in [3.8, 4) is 0 Å². The van der Waals surface area contributed by atoms with Gasteiger partial charge in [-0.1, -0.05) is 177 Å². The van der Waals surface area contributed by atoms with Gasteiger partial charge < -0.3 is 13.3 Å². The summed E-state index contributed by atoms with van der Waals surface area (Å²) in [6.45, 7) is 0. The molecule has 5 heteroatoms. The van der Waals surface area contributed by atoms with Crippen LogP contribution in [0.5, 0.6) is 0 Å². The zero-order chi connectivity index (χ0) is 26.4. The van der Waals surface area contributed by atoms with Gasteiger partial charge in [-0.25, -0.2) is 0 Å². The SMILES string of the molecule is CO[Si](CCCCCCCCCCCCCCCCCCCCCCCCCCCCI)(OC)OC. The van der Waals surface area contributed by atoms with Crippen molar-refractivity contribution >= 4 is 31.4 Å². The summed E-state index contributed by atoms with van der Waals surface area (Å²) >= 11 is 2.50. The molecule has 0 unspecified atom stereocenters. The van der Waals surface area contributed by atoms with Gasteiger partial charge in [0.2, 0.25) is 0 Å². The third kappa shape index (κ3) is 25.1. The van der Waals surface area contributed by atoms with Gasteiger partial charge in [0, 0.05) is 27.4 Å². The standard InChI is InChI=1S/C31H65IO3Si/c1-33-36(34-2,35-3)31-29-27-25-23-21-19-17-15-13-11-9-7-5-4-6-8-10-12-14-16-18-20-22-24-26-28-30-32/h4-31H2,1-3H3. The lowest BCUT2D eigenvalue weighted by atomic mass is 10.0. The molecule has 0 amide bonds. The quantitative estimate of drug-likeness (QED) is 0.0327. The van der Waals surface area contributed by atoms with Crippen LogP contribution in [0.15, 0.2) is 0 Å². The van der Waals surface area contributed by atoms with E-state index in [1.165, 1.54) is 165 Å². The Morgan fingerprint density at radius 2 is 0.528 bits per heavy atom. The summed E-state index contributed by atoms with van der Waals surface area (Å²) < 4.78 is 17.8. The lowest BCUT2D eigenvalue weighted by Gasteiger charge is -2.24. The molecule has 0 fully saturated rings. The van der Waals surface area contributed by atoms with Crippen LogP contribution < -0.4 is 0 Å². The topological polar surface area (TPSA) is 27.7 Å². The van der Waals surface area contributed by atoms with E-state index in [2.05, 4.69) is 22.6 Å². The number of hydrogen-bond acceptors (Lipinski definition) is 3. The molecule has 0 aliphatic heterocycles. The Kier molecular flexibility index (Phi) is 31.1. The lowest BCUT2D eigenvalue weighted by molar-refractivity contribution is 0.122.